The highest BCUT2D eigenvalue weighted by Crippen LogP contribution is 2.37. The minimum absolute atomic E-state index is 0.0797. The van der Waals surface area contributed by atoms with Gasteiger partial charge in [0, 0.05) is 25.4 Å². The first-order valence-electron chi connectivity index (χ1n) is 7.04. The Morgan fingerprint density at radius 1 is 1.50 bits per heavy atom. The molecule has 1 fully saturated rings. The third kappa shape index (κ3) is 2.75. The molecule has 1 aromatic heterocycles. The number of hydrogen-bond acceptors (Lipinski definition) is 3. The van der Waals surface area contributed by atoms with E-state index in [4.69, 9.17) is 4.74 Å². The highest BCUT2D eigenvalue weighted by atomic mass is 16.5. The van der Waals surface area contributed by atoms with Crippen LogP contribution >= 0.6 is 0 Å². The molecule has 1 saturated heterocycles. The topological polar surface area (TPSA) is 39.1 Å². The van der Waals surface area contributed by atoms with Crippen molar-refractivity contribution in [2.45, 2.75) is 57.7 Å². The normalized spacial score (nSPS) is 23.2. The molecule has 0 amide bonds. The van der Waals surface area contributed by atoms with Crippen LogP contribution in [0.2, 0.25) is 0 Å². The van der Waals surface area contributed by atoms with Gasteiger partial charge >= 0.3 is 0 Å². The van der Waals surface area contributed by atoms with Crippen molar-refractivity contribution < 1.29 is 4.74 Å². The van der Waals surface area contributed by atoms with Crippen LogP contribution in [0.3, 0.4) is 0 Å². The summed E-state index contributed by atoms with van der Waals surface area (Å²) in [6.07, 6.45) is 8.53. The lowest BCUT2D eigenvalue weighted by atomic mass is 9.86. The van der Waals surface area contributed by atoms with Crippen LogP contribution in [-0.4, -0.2) is 28.8 Å². The minimum atomic E-state index is 0.0797. The average Bonchev–Trinajstić information content (AvgIpc) is 2.88. The summed E-state index contributed by atoms with van der Waals surface area (Å²) in [5.41, 5.74) is 1.19. The van der Waals surface area contributed by atoms with Crippen LogP contribution in [0.4, 0.5) is 0 Å². The summed E-state index contributed by atoms with van der Waals surface area (Å²) in [5, 5.41) is 3.14. The van der Waals surface area contributed by atoms with Crippen molar-refractivity contribution in [3.8, 4) is 0 Å². The molecule has 2 rings (SSSR count). The van der Waals surface area contributed by atoms with Crippen molar-refractivity contribution in [2.24, 2.45) is 0 Å². The Kier molecular flexibility index (Phi) is 4.40. The number of rotatable bonds is 5. The lowest BCUT2D eigenvalue weighted by Gasteiger charge is -2.40. The summed E-state index contributed by atoms with van der Waals surface area (Å²) in [5.74, 6) is 0. The predicted octanol–water partition coefficient (Wildman–Crippen LogP) is 2.51. The standard InChI is InChI=1S/C14H25N3O/c1-4-14(5-2)8-13(6-7-18-14)17-10-12(9-15-3)16-11-17/h10-11,13,15H,4-9H2,1-3H3. The molecule has 0 radical (unpaired) electrons. The highest BCUT2D eigenvalue weighted by Gasteiger charge is 2.35. The average molecular weight is 251 g/mol. The third-order valence-corrected chi connectivity index (χ3v) is 4.19. The van der Waals surface area contributed by atoms with E-state index in [9.17, 15) is 0 Å². The van der Waals surface area contributed by atoms with Gasteiger partial charge in [-0.1, -0.05) is 13.8 Å². The van der Waals surface area contributed by atoms with Gasteiger partial charge < -0.3 is 14.6 Å². The van der Waals surface area contributed by atoms with Gasteiger partial charge in [0.15, 0.2) is 0 Å². The molecular weight excluding hydrogens is 226 g/mol. The van der Waals surface area contributed by atoms with Crippen molar-refractivity contribution in [3.63, 3.8) is 0 Å². The van der Waals surface area contributed by atoms with Gasteiger partial charge in [-0.15, -0.1) is 0 Å². The number of nitrogens with one attached hydrogen (secondary N) is 1. The van der Waals surface area contributed by atoms with E-state index in [1.165, 1.54) is 0 Å². The molecule has 1 aliphatic heterocycles. The Morgan fingerprint density at radius 3 is 2.94 bits per heavy atom. The van der Waals surface area contributed by atoms with Crippen LogP contribution in [0.15, 0.2) is 12.5 Å². The Morgan fingerprint density at radius 2 is 2.28 bits per heavy atom. The second kappa shape index (κ2) is 5.85. The van der Waals surface area contributed by atoms with Crippen LogP contribution in [-0.2, 0) is 11.3 Å². The maximum Gasteiger partial charge on any atom is 0.0952 e. The van der Waals surface area contributed by atoms with E-state index in [-0.39, 0.29) is 5.60 Å². The molecule has 1 atom stereocenters. The van der Waals surface area contributed by atoms with Crippen LogP contribution in [0.5, 0.6) is 0 Å². The van der Waals surface area contributed by atoms with Gasteiger partial charge in [-0.25, -0.2) is 4.98 Å². The van der Waals surface area contributed by atoms with Gasteiger partial charge in [-0.2, -0.15) is 0 Å². The molecule has 4 heteroatoms. The van der Waals surface area contributed by atoms with E-state index in [2.05, 4.69) is 34.9 Å². The molecule has 0 saturated carbocycles. The maximum atomic E-state index is 6.02. The molecule has 18 heavy (non-hydrogen) atoms. The molecular formula is C14H25N3O. The molecule has 1 aromatic rings. The van der Waals surface area contributed by atoms with Gasteiger partial charge in [0.2, 0.25) is 0 Å². The smallest absolute Gasteiger partial charge is 0.0952 e. The summed E-state index contributed by atoms with van der Waals surface area (Å²) in [4.78, 5) is 4.44. The zero-order chi connectivity index (χ0) is 13.0. The summed E-state index contributed by atoms with van der Waals surface area (Å²) < 4.78 is 8.30. The zero-order valence-corrected chi connectivity index (χ0v) is 11.8. The van der Waals surface area contributed by atoms with Gasteiger partial charge in [0.25, 0.3) is 0 Å². The number of aromatic nitrogens is 2. The second-order valence-corrected chi connectivity index (χ2v) is 5.23. The number of ether oxygens (including phenoxy) is 1. The second-order valence-electron chi connectivity index (χ2n) is 5.23. The Labute approximate surface area is 110 Å². The lowest BCUT2D eigenvalue weighted by molar-refractivity contribution is -0.0987. The maximum absolute atomic E-state index is 6.02. The third-order valence-electron chi connectivity index (χ3n) is 4.19. The van der Waals surface area contributed by atoms with Crippen molar-refractivity contribution in [1.29, 1.82) is 0 Å². The van der Waals surface area contributed by atoms with Gasteiger partial charge in [-0.05, 0) is 32.7 Å². The fourth-order valence-electron chi connectivity index (χ4n) is 2.85. The van der Waals surface area contributed by atoms with Crippen LogP contribution in [0.25, 0.3) is 0 Å². The van der Waals surface area contributed by atoms with Crippen molar-refractivity contribution in [3.05, 3.63) is 18.2 Å². The van der Waals surface area contributed by atoms with E-state index < -0.39 is 0 Å². The molecule has 0 bridgehead atoms. The van der Waals surface area contributed by atoms with Crippen LogP contribution < -0.4 is 5.32 Å². The first-order chi connectivity index (χ1) is 8.73. The summed E-state index contributed by atoms with van der Waals surface area (Å²) in [7, 11) is 1.95. The number of nitrogens with zero attached hydrogens (tertiary/aromatic N) is 2. The predicted molar refractivity (Wildman–Crippen MR) is 72.5 cm³/mol. The van der Waals surface area contributed by atoms with Crippen molar-refractivity contribution >= 4 is 0 Å². The van der Waals surface area contributed by atoms with E-state index >= 15 is 0 Å². The van der Waals surface area contributed by atoms with Crippen LogP contribution in [0, 0.1) is 0 Å². The number of hydrogen-bond donors (Lipinski definition) is 1. The van der Waals surface area contributed by atoms with E-state index in [0.717, 1.165) is 44.5 Å². The molecule has 0 aliphatic carbocycles. The monoisotopic (exact) mass is 251 g/mol. The summed E-state index contributed by atoms with van der Waals surface area (Å²) in [6, 6.07) is 0.539. The lowest BCUT2D eigenvalue weighted by Crippen LogP contribution is -2.39. The van der Waals surface area contributed by atoms with Gasteiger partial charge in [-0.3, -0.25) is 0 Å². The molecule has 102 valence electrons. The molecule has 1 N–H and O–H groups in total. The van der Waals surface area contributed by atoms with Gasteiger partial charge in [0.05, 0.1) is 17.6 Å². The SMILES string of the molecule is CCC1(CC)CC(n2cnc(CNC)c2)CCO1. The molecule has 1 aliphatic rings. The molecule has 0 aromatic carbocycles. The Hall–Kier alpha value is -0.870. The molecule has 0 spiro atoms. The zero-order valence-electron chi connectivity index (χ0n) is 11.8. The first-order valence-corrected chi connectivity index (χ1v) is 7.04. The molecule has 4 nitrogen and oxygen atoms in total. The quantitative estimate of drug-likeness (QED) is 0.874. The molecule has 1 unspecified atom stereocenters. The van der Waals surface area contributed by atoms with Crippen molar-refractivity contribution in [1.82, 2.24) is 14.9 Å². The minimum Gasteiger partial charge on any atom is -0.375 e. The Bertz CT molecular complexity index is 371. The summed E-state index contributed by atoms with van der Waals surface area (Å²) >= 11 is 0. The number of imidazole rings is 1. The van der Waals surface area contributed by atoms with E-state index in [1.54, 1.807) is 0 Å². The largest absolute Gasteiger partial charge is 0.375 e. The summed E-state index contributed by atoms with van der Waals surface area (Å²) in [6.45, 7) is 6.16. The van der Waals surface area contributed by atoms with E-state index in [1.807, 2.05) is 13.4 Å². The van der Waals surface area contributed by atoms with Crippen LogP contribution in [0.1, 0.15) is 51.3 Å². The fourth-order valence-corrected chi connectivity index (χ4v) is 2.85. The van der Waals surface area contributed by atoms with E-state index in [0.29, 0.717) is 6.04 Å². The first kappa shape index (κ1) is 13.6. The Balaban J connectivity index is 2.07. The molecule has 2 heterocycles. The highest BCUT2D eigenvalue weighted by molar-refractivity contribution is 4.99. The van der Waals surface area contributed by atoms with Gasteiger partial charge in [0.1, 0.15) is 0 Å². The van der Waals surface area contributed by atoms with Crippen molar-refractivity contribution in [2.75, 3.05) is 13.7 Å². The fraction of sp³-hybridized carbons (Fsp3) is 0.786.